The summed E-state index contributed by atoms with van der Waals surface area (Å²) in [5, 5.41) is 13.1. The number of hydrogen-bond acceptors (Lipinski definition) is 4. The molecular formula is C10H13NO2S. The minimum absolute atomic E-state index is 0.194. The van der Waals surface area contributed by atoms with Crippen LogP contribution < -0.4 is 10.1 Å². The number of methoxy groups -OCH3 is 1. The summed E-state index contributed by atoms with van der Waals surface area (Å²) in [4.78, 5) is 0. The molecule has 0 spiro atoms. The van der Waals surface area contributed by atoms with Gasteiger partial charge in [0.05, 0.1) is 12.5 Å². The van der Waals surface area contributed by atoms with Crippen molar-refractivity contribution in [2.24, 2.45) is 0 Å². The van der Waals surface area contributed by atoms with Gasteiger partial charge in [0.1, 0.15) is 0 Å². The van der Waals surface area contributed by atoms with Gasteiger partial charge >= 0.3 is 0 Å². The second-order valence-electron chi connectivity index (χ2n) is 3.14. The third-order valence-electron chi connectivity index (χ3n) is 2.22. The minimum Gasteiger partial charge on any atom is -0.504 e. The summed E-state index contributed by atoms with van der Waals surface area (Å²) in [6.45, 7) is 1.04. The number of thioether (sulfide) groups is 1. The van der Waals surface area contributed by atoms with Crippen LogP contribution in [0.1, 0.15) is 10.9 Å². The maximum atomic E-state index is 9.43. The van der Waals surface area contributed by atoms with Crippen molar-refractivity contribution in [3.8, 4) is 11.5 Å². The van der Waals surface area contributed by atoms with Crippen LogP contribution in [0.15, 0.2) is 18.2 Å². The van der Waals surface area contributed by atoms with Crippen LogP contribution in [0, 0.1) is 0 Å². The van der Waals surface area contributed by atoms with Crippen molar-refractivity contribution in [3.63, 3.8) is 0 Å². The van der Waals surface area contributed by atoms with Gasteiger partial charge in [-0.1, -0.05) is 6.07 Å². The van der Waals surface area contributed by atoms with E-state index in [0.717, 1.165) is 17.9 Å². The molecule has 1 fully saturated rings. The molecule has 1 aromatic carbocycles. The first-order valence-corrected chi connectivity index (χ1v) is 5.58. The SMILES string of the molecule is COc1cc(C2NCCS2)ccc1O. The van der Waals surface area contributed by atoms with Crippen LogP contribution in [0.25, 0.3) is 0 Å². The fraction of sp³-hybridized carbons (Fsp3) is 0.400. The normalized spacial score (nSPS) is 21.1. The van der Waals surface area contributed by atoms with Crippen molar-refractivity contribution in [3.05, 3.63) is 23.8 Å². The summed E-state index contributed by atoms with van der Waals surface area (Å²) in [5.74, 6) is 1.87. The smallest absolute Gasteiger partial charge is 0.160 e. The zero-order valence-electron chi connectivity index (χ0n) is 7.99. The van der Waals surface area contributed by atoms with Gasteiger partial charge in [-0.15, -0.1) is 11.8 Å². The van der Waals surface area contributed by atoms with E-state index in [1.54, 1.807) is 13.2 Å². The molecule has 1 atom stereocenters. The van der Waals surface area contributed by atoms with E-state index in [2.05, 4.69) is 5.32 Å². The Morgan fingerprint density at radius 1 is 1.57 bits per heavy atom. The molecule has 3 nitrogen and oxygen atoms in total. The van der Waals surface area contributed by atoms with Crippen molar-refractivity contribution in [2.45, 2.75) is 5.37 Å². The number of phenolic OH excluding ortho intramolecular Hbond substituents is 1. The fourth-order valence-corrected chi connectivity index (χ4v) is 2.54. The van der Waals surface area contributed by atoms with E-state index in [4.69, 9.17) is 4.74 Å². The molecule has 2 rings (SSSR count). The van der Waals surface area contributed by atoms with Crippen LogP contribution in [0.4, 0.5) is 0 Å². The van der Waals surface area contributed by atoms with E-state index >= 15 is 0 Å². The molecule has 0 amide bonds. The zero-order valence-corrected chi connectivity index (χ0v) is 8.80. The van der Waals surface area contributed by atoms with Crippen LogP contribution >= 0.6 is 11.8 Å². The predicted molar refractivity (Wildman–Crippen MR) is 57.9 cm³/mol. The Morgan fingerprint density at radius 2 is 2.43 bits per heavy atom. The van der Waals surface area contributed by atoms with Crippen LogP contribution in [-0.2, 0) is 0 Å². The number of hydrogen-bond donors (Lipinski definition) is 2. The zero-order chi connectivity index (χ0) is 9.97. The number of benzene rings is 1. The molecule has 0 aliphatic carbocycles. The summed E-state index contributed by atoms with van der Waals surface area (Å²) < 4.78 is 5.06. The monoisotopic (exact) mass is 211 g/mol. The molecule has 76 valence electrons. The molecule has 1 unspecified atom stereocenters. The van der Waals surface area contributed by atoms with E-state index in [-0.39, 0.29) is 5.75 Å². The molecule has 0 bridgehead atoms. The molecule has 0 aromatic heterocycles. The predicted octanol–water partition coefficient (Wildman–Crippen LogP) is 1.74. The number of nitrogens with one attached hydrogen (secondary N) is 1. The van der Waals surface area contributed by atoms with E-state index in [1.807, 2.05) is 23.9 Å². The van der Waals surface area contributed by atoms with Crippen LogP contribution in [0.5, 0.6) is 11.5 Å². The summed E-state index contributed by atoms with van der Waals surface area (Å²) >= 11 is 1.87. The molecule has 14 heavy (non-hydrogen) atoms. The molecule has 2 N–H and O–H groups in total. The summed E-state index contributed by atoms with van der Waals surface area (Å²) in [5.41, 5.74) is 1.15. The lowest BCUT2D eigenvalue weighted by atomic mass is 10.2. The molecule has 1 heterocycles. The largest absolute Gasteiger partial charge is 0.504 e. The highest BCUT2D eigenvalue weighted by atomic mass is 32.2. The van der Waals surface area contributed by atoms with Gasteiger partial charge in [0.2, 0.25) is 0 Å². The standard InChI is InChI=1S/C10H13NO2S/c1-13-9-6-7(2-3-8(9)12)10-11-4-5-14-10/h2-3,6,10-12H,4-5H2,1H3. The average molecular weight is 211 g/mol. The third-order valence-corrected chi connectivity index (χ3v) is 3.43. The quantitative estimate of drug-likeness (QED) is 0.782. The molecule has 0 radical (unpaired) electrons. The molecule has 1 saturated heterocycles. The number of aromatic hydroxyl groups is 1. The van der Waals surface area contributed by atoms with Gasteiger partial charge in [-0.3, -0.25) is 0 Å². The fourth-order valence-electron chi connectivity index (χ4n) is 1.50. The van der Waals surface area contributed by atoms with E-state index in [1.165, 1.54) is 0 Å². The van der Waals surface area contributed by atoms with Crippen molar-refractivity contribution < 1.29 is 9.84 Å². The molecule has 0 saturated carbocycles. The Morgan fingerprint density at radius 3 is 3.07 bits per heavy atom. The van der Waals surface area contributed by atoms with Gasteiger partial charge < -0.3 is 15.2 Å². The Labute approximate surface area is 87.5 Å². The number of phenols is 1. The summed E-state index contributed by atoms with van der Waals surface area (Å²) in [6.07, 6.45) is 0. The van der Waals surface area contributed by atoms with E-state index in [9.17, 15) is 5.11 Å². The second kappa shape index (κ2) is 4.11. The second-order valence-corrected chi connectivity index (χ2v) is 4.35. The maximum absolute atomic E-state index is 9.43. The van der Waals surface area contributed by atoms with Crippen LogP contribution in [-0.4, -0.2) is 24.5 Å². The summed E-state index contributed by atoms with van der Waals surface area (Å²) in [6, 6.07) is 5.48. The lowest BCUT2D eigenvalue weighted by Crippen LogP contribution is -2.11. The van der Waals surface area contributed by atoms with Gasteiger partial charge in [-0.05, 0) is 17.7 Å². The van der Waals surface area contributed by atoms with Gasteiger partial charge in [0, 0.05) is 12.3 Å². The van der Waals surface area contributed by atoms with Crippen molar-refractivity contribution >= 4 is 11.8 Å². The molecular weight excluding hydrogens is 198 g/mol. The van der Waals surface area contributed by atoms with Gasteiger partial charge in [-0.25, -0.2) is 0 Å². The van der Waals surface area contributed by atoms with Crippen molar-refractivity contribution in [2.75, 3.05) is 19.4 Å². The van der Waals surface area contributed by atoms with Crippen molar-refractivity contribution in [1.82, 2.24) is 5.32 Å². The number of rotatable bonds is 2. The first-order chi connectivity index (χ1) is 6.81. The Kier molecular flexibility index (Phi) is 2.84. The van der Waals surface area contributed by atoms with Gasteiger partial charge in [0.15, 0.2) is 11.5 Å². The molecule has 1 aliphatic rings. The molecule has 1 aromatic rings. The van der Waals surface area contributed by atoms with Crippen molar-refractivity contribution in [1.29, 1.82) is 0 Å². The van der Waals surface area contributed by atoms with Crippen LogP contribution in [0.2, 0.25) is 0 Å². The summed E-state index contributed by atoms with van der Waals surface area (Å²) in [7, 11) is 1.56. The average Bonchev–Trinajstić information content (AvgIpc) is 2.71. The topological polar surface area (TPSA) is 41.5 Å². The van der Waals surface area contributed by atoms with Gasteiger partial charge in [0.25, 0.3) is 0 Å². The Balaban J connectivity index is 2.25. The van der Waals surface area contributed by atoms with E-state index < -0.39 is 0 Å². The Hall–Kier alpha value is -0.870. The van der Waals surface area contributed by atoms with E-state index in [0.29, 0.717) is 11.1 Å². The lowest BCUT2D eigenvalue weighted by Gasteiger charge is -2.11. The van der Waals surface area contributed by atoms with Gasteiger partial charge in [-0.2, -0.15) is 0 Å². The third kappa shape index (κ3) is 1.81. The molecule has 1 aliphatic heterocycles. The highest BCUT2D eigenvalue weighted by Gasteiger charge is 2.17. The highest BCUT2D eigenvalue weighted by Crippen LogP contribution is 2.35. The first-order valence-electron chi connectivity index (χ1n) is 4.53. The first kappa shape index (κ1) is 9.68. The minimum atomic E-state index is 0.194. The maximum Gasteiger partial charge on any atom is 0.160 e. The molecule has 4 heteroatoms. The highest BCUT2D eigenvalue weighted by molar-refractivity contribution is 7.99. The lowest BCUT2D eigenvalue weighted by molar-refractivity contribution is 0.373. The Bertz CT molecular complexity index is 324. The van der Waals surface area contributed by atoms with Crippen LogP contribution in [0.3, 0.4) is 0 Å². The number of ether oxygens (including phenoxy) is 1.